The largest absolute Gasteiger partial charge is 0.382 e. The molecule has 0 aliphatic rings. The van der Waals surface area contributed by atoms with Crippen LogP contribution >= 0.6 is 15.9 Å². The predicted octanol–water partition coefficient (Wildman–Crippen LogP) is 2.75. The molecule has 0 bridgehead atoms. The normalized spacial score (nSPS) is 11.0. The minimum atomic E-state index is 0.386. The second-order valence-corrected chi connectivity index (χ2v) is 5.77. The minimum absolute atomic E-state index is 0.386. The summed E-state index contributed by atoms with van der Waals surface area (Å²) in [4.78, 5) is 13.0. The summed E-state index contributed by atoms with van der Waals surface area (Å²) in [5.74, 6) is 0.922. The van der Waals surface area contributed by atoms with Gasteiger partial charge in [0.25, 0.3) is 0 Å². The Labute approximate surface area is 136 Å². The molecule has 0 atom stereocenters. The summed E-state index contributed by atoms with van der Waals surface area (Å²) in [5, 5.41) is 3.23. The molecule has 0 spiro atoms. The fourth-order valence-corrected chi connectivity index (χ4v) is 2.62. The van der Waals surface area contributed by atoms with Crippen molar-refractivity contribution in [1.29, 1.82) is 0 Å². The lowest BCUT2D eigenvalue weighted by molar-refractivity contribution is 0.851. The van der Waals surface area contributed by atoms with Crippen molar-refractivity contribution in [3.05, 3.63) is 40.6 Å². The van der Waals surface area contributed by atoms with Crippen LogP contribution in [0.3, 0.4) is 0 Å². The SMILES string of the molecule is Cn1c(Br)nc2c(N)nc(NCCCc3ccccc3)nc21. The van der Waals surface area contributed by atoms with Crippen molar-refractivity contribution >= 4 is 38.9 Å². The Hall–Kier alpha value is -2.15. The molecule has 0 aliphatic carbocycles. The molecule has 0 unspecified atom stereocenters. The van der Waals surface area contributed by atoms with Gasteiger partial charge in [0.2, 0.25) is 5.95 Å². The number of hydrogen-bond donors (Lipinski definition) is 2. The Morgan fingerprint density at radius 1 is 1.18 bits per heavy atom. The number of anilines is 2. The average Bonchev–Trinajstić information content (AvgIpc) is 2.81. The van der Waals surface area contributed by atoms with Crippen molar-refractivity contribution in [2.24, 2.45) is 7.05 Å². The van der Waals surface area contributed by atoms with Crippen molar-refractivity contribution < 1.29 is 0 Å². The van der Waals surface area contributed by atoms with E-state index in [4.69, 9.17) is 5.73 Å². The highest BCUT2D eigenvalue weighted by atomic mass is 79.9. The van der Waals surface area contributed by atoms with Gasteiger partial charge < -0.3 is 15.6 Å². The van der Waals surface area contributed by atoms with E-state index in [9.17, 15) is 0 Å². The third-order valence-electron chi connectivity index (χ3n) is 3.46. The molecule has 3 rings (SSSR count). The van der Waals surface area contributed by atoms with Crippen molar-refractivity contribution in [3.8, 4) is 0 Å². The van der Waals surface area contributed by atoms with Crippen LogP contribution in [-0.2, 0) is 13.5 Å². The number of aromatic nitrogens is 4. The number of nitrogens with one attached hydrogen (secondary N) is 1. The molecule has 1 aromatic carbocycles. The van der Waals surface area contributed by atoms with Gasteiger partial charge in [-0.25, -0.2) is 4.98 Å². The number of rotatable bonds is 5. The topological polar surface area (TPSA) is 81.7 Å². The molecule has 0 saturated heterocycles. The maximum Gasteiger partial charge on any atom is 0.226 e. The molecule has 114 valence electrons. The van der Waals surface area contributed by atoms with E-state index in [1.807, 2.05) is 17.7 Å². The Kier molecular flexibility index (Phi) is 4.24. The van der Waals surface area contributed by atoms with Gasteiger partial charge in [-0.15, -0.1) is 0 Å². The van der Waals surface area contributed by atoms with E-state index >= 15 is 0 Å². The van der Waals surface area contributed by atoms with Crippen LogP contribution < -0.4 is 11.1 Å². The lowest BCUT2D eigenvalue weighted by Crippen LogP contribution is -2.08. The minimum Gasteiger partial charge on any atom is -0.382 e. The van der Waals surface area contributed by atoms with Crippen LogP contribution in [0.2, 0.25) is 0 Å². The van der Waals surface area contributed by atoms with Gasteiger partial charge in [-0.05, 0) is 34.3 Å². The zero-order valence-corrected chi connectivity index (χ0v) is 13.8. The summed E-state index contributed by atoms with van der Waals surface area (Å²) in [6, 6.07) is 10.4. The zero-order valence-electron chi connectivity index (χ0n) is 12.3. The summed E-state index contributed by atoms with van der Waals surface area (Å²) < 4.78 is 2.52. The lowest BCUT2D eigenvalue weighted by Gasteiger charge is -2.06. The third kappa shape index (κ3) is 3.04. The first-order valence-corrected chi connectivity index (χ1v) is 7.87. The lowest BCUT2D eigenvalue weighted by atomic mass is 10.1. The van der Waals surface area contributed by atoms with Gasteiger partial charge >= 0.3 is 0 Å². The number of nitrogen functional groups attached to an aromatic ring is 1. The summed E-state index contributed by atoms with van der Waals surface area (Å²) in [5.41, 5.74) is 8.60. The van der Waals surface area contributed by atoms with Gasteiger partial charge in [-0.3, -0.25) is 0 Å². The molecule has 6 nitrogen and oxygen atoms in total. The Morgan fingerprint density at radius 2 is 1.95 bits per heavy atom. The van der Waals surface area contributed by atoms with Crippen molar-refractivity contribution in [1.82, 2.24) is 19.5 Å². The van der Waals surface area contributed by atoms with Crippen LogP contribution in [0.4, 0.5) is 11.8 Å². The van der Waals surface area contributed by atoms with Gasteiger partial charge in [0.05, 0.1) is 0 Å². The number of fused-ring (bicyclic) bond motifs is 1. The molecular formula is C15H17BrN6. The number of nitrogens with two attached hydrogens (primary N) is 1. The molecular weight excluding hydrogens is 344 g/mol. The summed E-state index contributed by atoms with van der Waals surface area (Å²) in [6.45, 7) is 0.791. The fraction of sp³-hybridized carbons (Fsp3) is 0.267. The molecule has 7 heteroatoms. The number of hydrogen-bond acceptors (Lipinski definition) is 5. The van der Waals surface area contributed by atoms with E-state index in [1.54, 1.807) is 0 Å². The maximum absolute atomic E-state index is 5.95. The van der Waals surface area contributed by atoms with Crippen LogP contribution in [0.5, 0.6) is 0 Å². The summed E-state index contributed by atoms with van der Waals surface area (Å²) >= 11 is 3.37. The smallest absolute Gasteiger partial charge is 0.226 e. The van der Waals surface area contributed by atoms with Gasteiger partial charge in [0, 0.05) is 13.6 Å². The number of nitrogens with zero attached hydrogens (tertiary/aromatic N) is 4. The Morgan fingerprint density at radius 3 is 2.73 bits per heavy atom. The fourth-order valence-electron chi connectivity index (χ4n) is 2.27. The Balaban J connectivity index is 1.65. The Bertz CT molecular complexity index is 784. The monoisotopic (exact) mass is 360 g/mol. The molecule has 3 N–H and O–H groups in total. The first-order chi connectivity index (χ1) is 10.6. The second kappa shape index (κ2) is 6.31. The standard InChI is InChI=1S/C15H17BrN6/c1-22-13-11(19-14(22)16)12(17)20-15(21-13)18-9-5-8-10-6-3-2-4-7-10/h2-4,6-7H,5,8-9H2,1H3,(H3,17,18,20,21). The quantitative estimate of drug-likeness (QED) is 0.540. The maximum atomic E-state index is 5.95. The highest BCUT2D eigenvalue weighted by Gasteiger charge is 2.12. The van der Waals surface area contributed by atoms with Crippen molar-refractivity contribution in [3.63, 3.8) is 0 Å². The van der Waals surface area contributed by atoms with E-state index in [0.29, 0.717) is 27.7 Å². The molecule has 22 heavy (non-hydrogen) atoms. The number of aryl methyl sites for hydroxylation is 2. The van der Waals surface area contributed by atoms with Crippen molar-refractivity contribution in [2.75, 3.05) is 17.6 Å². The second-order valence-electron chi connectivity index (χ2n) is 5.06. The average molecular weight is 361 g/mol. The van der Waals surface area contributed by atoms with Gasteiger partial charge in [-0.2, -0.15) is 9.97 Å². The zero-order chi connectivity index (χ0) is 15.5. The molecule has 0 amide bonds. The van der Waals surface area contributed by atoms with E-state index in [-0.39, 0.29) is 0 Å². The number of benzene rings is 1. The molecule has 0 radical (unpaired) electrons. The highest BCUT2D eigenvalue weighted by Crippen LogP contribution is 2.22. The van der Waals surface area contributed by atoms with Crippen molar-refractivity contribution in [2.45, 2.75) is 12.8 Å². The van der Waals surface area contributed by atoms with Gasteiger partial charge in [-0.1, -0.05) is 30.3 Å². The highest BCUT2D eigenvalue weighted by molar-refractivity contribution is 9.10. The van der Waals surface area contributed by atoms with E-state index in [0.717, 1.165) is 19.4 Å². The number of halogens is 1. The van der Waals surface area contributed by atoms with Crippen LogP contribution in [0.1, 0.15) is 12.0 Å². The summed E-state index contributed by atoms with van der Waals surface area (Å²) in [6.07, 6.45) is 2.02. The van der Waals surface area contributed by atoms with Crippen LogP contribution in [0.25, 0.3) is 11.2 Å². The van der Waals surface area contributed by atoms with Crippen LogP contribution in [0, 0.1) is 0 Å². The molecule has 0 aliphatic heterocycles. The molecule has 2 heterocycles. The van der Waals surface area contributed by atoms with Crippen LogP contribution in [-0.4, -0.2) is 26.1 Å². The first kappa shape index (κ1) is 14.8. The van der Waals surface area contributed by atoms with E-state index in [1.165, 1.54) is 5.56 Å². The molecule has 2 aromatic heterocycles. The molecule has 0 fully saturated rings. The molecule has 0 saturated carbocycles. The third-order valence-corrected chi connectivity index (χ3v) is 4.17. The first-order valence-electron chi connectivity index (χ1n) is 7.08. The summed E-state index contributed by atoms with van der Waals surface area (Å²) in [7, 11) is 1.88. The van der Waals surface area contributed by atoms with Gasteiger partial charge in [0.15, 0.2) is 21.7 Å². The van der Waals surface area contributed by atoms with E-state index in [2.05, 4.69) is 60.5 Å². The van der Waals surface area contributed by atoms with Crippen LogP contribution in [0.15, 0.2) is 35.1 Å². The number of imidazole rings is 1. The predicted molar refractivity (Wildman–Crippen MR) is 91.7 cm³/mol. The molecule has 3 aromatic rings. The van der Waals surface area contributed by atoms with Gasteiger partial charge in [0.1, 0.15) is 0 Å². The van der Waals surface area contributed by atoms with E-state index < -0.39 is 0 Å².